The van der Waals surface area contributed by atoms with Gasteiger partial charge in [0.2, 0.25) is 10.0 Å². The predicted molar refractivity (Wildman–Crippen MR) is 121 cm³/mol. The molecule has 2 N–H and O–H groups in total. The summed E-state index contributed by atoms with van der Waals surface area (Å²) in [7, 11) is -3.32. The van der Waals surface area contributed by atoms with Crippen LogP contribution in [0.1, 0.15) is 16.7 Å². The zero-order chi connectivity index (χ0) is 21.4. The first-order chi connectivity index (χ1) is 14.4. The van der Waals surface area contributed by atoms with Crippen LogP contribution >= 0.6 is 0 Å². The minimum atomic E-state index is -3.32. The van der Waals surface area contributed by atoms with E-state index in [4.69, 9.17) is 0 Å². The fraction of sp³-hybridized carbons (Fsp3) is 0.0435. The van der Waals surface area contributed by atoms with E-state index < -0.39 is 10.0 Å². The molecule has 0 aliphatic rings. The maximum absolute atomic E-state index is 12.2. The molecule has 3 rings (SSSR count). The molecule has 0 spiro atoms. The zero-order valence-electron chi connectivity index (χ0n) is 16.3. The fourth-order valence-corrected chi connectivity index (χ4v) is 3.25. The predicted octanol–water partition coefficient (Wildman–Crippen LogP) is 3.64. The molecular formula is C23H21N3O3S. The van der Waals surface area contributed by atoms with E-state index in [0.717, 1.165) is 22.9 Å². The molecule has 152 valence electrons. The molecule has 7 heteroatoms. The van der Waals surface area contributed by atoms with Crippen LogP contribution in [0.2, 0.25) is 0 Å². The third kappa shape index (κ3) is 6.42. The second-order valence-electron chi connectivity index (χ2n) is 6.50. The van der Waals surface area contributed by atoms with Gasteiger partial charge in [0, 0.05) is 22.9 Å². The number of nitrogens with zero attached hydrogens (tertiary/aromatic N) is 1. The lowest BCUT2D eigenvalue weighted by Crippen LogP contribution is -2.18. The number of benzene rings is 3. The second kappa shape index (κ2) is 9.67. The van der Waals surface area contributed by atoms with Gasteiger partial charge in [-0.05, 0) is 23.8 Å². The zero-order valence-corrected chi connectivity index (χ0v) is 17.1. The van der Waals surface area contributed by atoms with Crippen LogP contribution in [-0.2, 0) is 14.8 Å². The molecule has 0 bridgehead atoms. The number of sulfonamides is 1. The Morgan fingerprint density at radius 3 is 1.87 bits per heavy atom. The Bertz CT molecular complexity index is 1110. The molecule has 0 saturated carbocycles. The van der Waals surface area contributed by atoms with Crippen molar-refractivity contribution >= 4 is 33.4 Å². The van der Waals surface area contributed by atoms with Crippen LogP contribution in [0, 0.1) is 0 Å². The third-order valence-corrected chi connectivity index (χ3v) is 4.62. The Hall–Kier alpha value is -3.71. The van der Waals surface area contributed by atoms with Crippen LogP contribution in [0.3, 0.4) is 0 Å². The molecule has 0 fully saturated rings. The summed E-state index contributed by atoms with van der Waals surface area (Å²) in [6.45, 7) is 0. The van der Waals surface area contributed by atoms with Crippen molar-refractivity contribution in [3.63, 3.8) is 0 Å². The molecule has 3 aromatic carbocycles. The number of hydrogen-bond donors (Lipinski definition) is 2. The van der Waals surface area contributed by atoms with Gasteiger partial charge in [-0.25, -0.2) is 13.8 Å². The van der Waals surface area contributed by atoms with Gasteiger partial charge in [-0.1, -0.05) is 72.8 Å². The van der Waals surface area contributed by atoms with Gasteiger partial charge in [-0.3, -0.25) is 9.52 Å². The van der Waals surface area contributed by atoms with Gasteiger partial charge in [-0.2, -0.15) is 5.10 Å². The van der Waals surface area contributed by atoms with Crippen molar-refractivity contribution in [3.05, 3.63) is 108 Å². The minimum Gasteiger partial charge on any atom is -0.284 e. The van der Waals surface area contributed by atoms with E-state index in [-0.39, 0.29) is 5.91 Å². The molecular weight excluding hydrogens is 398 g/mol. The van der Waals surface area contributed by atoms with Crippen molar-refractivity contribution in [1.82, 2.24) is 5.43 Å². The Morgan fingerprint density at radius 1 is 0.833 bits per heavy atom. The summed E-state index contributed by atoms with van der Waals surface area (Å²) in [6.07, 6.45) is 4.08. The first kappa shape index (κ1) is 21.0. The van der Waals surface area contributed by atoms with E-state index in [0.29, 0.717) is 11.4 Å². The maximum atomic E-state index is 12.2. The SMILES string of the molecule is CS(=O)(=O)Nc1ccc(/C=C/C(=O)NN=C(c2ccccc2)c2ccccc2)cc1. The summed E-state index contributed by atoms with van der Waals surface area (Å²) in [4.78, 5) is 12.2. The number of anilines is 1. The standard InChI is InChI=1S/C23H21N3O3S/c1-30(28,29)26-21-15-12-18(13-16-21)14-17-22(27)24-25-23(19-8-4-2-5-9-19)20-10-6-3-7-11-20/h2-17,26H,1H3,(H,24,27)/b17-14+. The summed E-state index contributed by atoms with van der Waals surface area (Å²) < 4.78 is 24.9. The van der Waals surface area contributed by atoms with E-state index in [1.165, 1.54) is 6.08 Å². The van der Waals surface area contributed by atoms with Gasteiger partial charge in [0.15, 0.2) is 0 Å². The summed E-state index contributed by atoms with van der Waals surface area (Å²) in [5, 5.41) is 4.32. The van der Waals surface area contributed by atoms with E-state index in [9.17, 15) is 13.2 Å². The van der Waals surface area contributed by atoms with Crippen molar-refractivity contribution in [1.29, 1.82) is 0 Å². The third-order valence-electron chi connectivity index (χ3n) is 4.01. The van der Waals surface area contributed by atoms with Crippen LogP contribution in [-0.4, -0.2) is 26.3 Å². The number of nitrogens with one attached hydrogen (secondary N) is 2. The number of carbonyl (C=O) groups excluding carboxylic acids is 1. The van der Waals surface area contributed by atoms with Gasteiger partial charge in [0.25, 0.3) is 5.91 Å². The fourth-order valence-electron chi connectivity index (χ4n) is 2.68. The lowest BCUT2D eigenvalue weighted by molar-refractivity contribution is -0.116. The van der Waals surface area contributed by atoms with Crippen molar-refractivity contribution in [3.8, 4) is 0 Å². The van der Waals surface area contributed by atoms with Crippen molar-refractivity contribution in [2.75, 3.05) is 11.0 Å². The molecule has 6 nitrogen and oxygen atoms in total. The highest BCUT2D eigenvalue weighted by Crippen LogP contribution is 2.12. The van der Waals surface area contributed by atoms with E-state index in [1.54, 1.807) is 30.3 Å². The molecule has 0 saturated heterocycles. The molecule has 0 radical (unpaired) electrons. The molecule has 1 amide bonds. The molecule has 0 heterocycles. The van der Waals surface area contributed by atoms with Crippen LogP contribution < -0.4 is 10.1 Å². The van der Waals surface area contributed by atoms with Gasteiger partial charge in [0.05, 0.1) is 12.0 Å². The largest absolute Gasteiger partial charge is 0.284 e. The van der Waals surface area contributed by atoms with Crippen molar-refractivity contribution in [2.24, 2.45) is 5.10 Å². The van der Waals surface area contributed by atoms with Crippen LogP contribution in [0.5, 0.6) is 0 Å². The maximum Gasteiger partial charge on any atom is 0.264 e. The number of hydrogen-bond acceptors (Lipinski definition) is 4. The highest BCUT2D eigenvalue weighted by atomic mass is 32.2. The lowest BCUT2D eigenvalue weighted by Gasteiger charge is -2.07. The number of hydrazone groups is 1. The smallest absolute Gasteiger partial charge is 0.264 e. The molecule has 0 aromatic heterocycles. The quantitative estimate of drug-likeness (QED) is 0.348. The van der Waals surface area contributed by atoms with Gasteiger partial charge in [0.1, 0.15) is 0 Å². The summed E-state index contributed by atoms with van der Waals surface area (Å²) >= 11 is 0. The highest BCUT2D eigenvalue weighted by Gasteiger charge is 2.07. The average molecular weight is 420 g/mol. The molecule has 0 aliphatic heterocycles. The van der Waals surface area contributed by atoms with Crippen molar-refractivity contribution in [2.45, 2.75) is 0 Å². The average Bonchev–Trinajstić information content (AvgIpc) is 2.74. The lowest BCUT2D eigenvalue weighted by atomic mass is 10.0. The summed E-state index contributed by atoms with van der Waals surface area (Å²) in [6, 6.07) is 25.9. The second-order valence-corrected chi connectivity index (χ2v) is 8.25. The topological polar surface area (TPSA) is 87.6 Å². The first-order valence-corrected chi connectivity index (χ1v) is 11.0. The van der Waals surface area contributed by atoms with Gasteiger partial charge >= 0.3 is 0 Å². The van der Waals surface area contributed by atoms with E-state index in [1.807, 2.05) is 60.7 Å². The van der Waals surface area contributed by atoms with Gasteiger partial charge in [-0.15, -0.1) is 0 Å². The van der Waals surface area contributed by atoms with E-state index in [2.05, 4.69) is 15.2 Å². The van der Waals surface area contributed by atoms with Crippen LogP contribution in [0.25, 0.3) is 6.08 Å². The molecule has 0 atom stereocenters. The highest BCUT2D eigenvalue weighted by molar-refractivity contribution is 7.92. The molecule has 3 aromatic rings. The Labute approximate surface area is 176 Å². The molecule has 0 unspecified atom stereocenters. The number of amides is 1. The number of carbonyl (C=O) groups is 1. The Kier molecular flexibility index (Phi) is 6.77. The van der Waals surface area contributed by atoms with Gasteiger partial charge < -0.3 is 0 Å². The monoisotopic (exact) mass is 419 g/mol. The van der Waals surface area contributed by atoms with E-state index >= 15 is 0 Å². The summed E-state index contributed by atoms with van der Waals surface area (Å²) in [5.74, 6) is -0.377. The first-order valence-electron chi connectivity index (χ1n) is 9.15. The number of rotatable bonds is 7. The Morgan fingerprint density at radius 2 is 1.37 bits per heavy atom. The molecule has 30 heavy (non-hydrogen) atoms. The molecule has 0 aliphatic carbocycles. The summed E-state index contributed by atoms with van der Waals surface area (Å²) in [5.41, 5.74) is 6.21. The minimum absolute atomic E-state index is 0.377. The normalized spacial score (nSPS) is 11.1. The van der Waals surface area contributed by atoms with Crippen LogP contribution in [0.4, 0.5) is 5.69 Å². The van der Waals surface area contributed by atoms with Crippen LogP contribution in [0.15, 0.2) is 96.1 Å². The Balaban J connectivity index is 1.71. The van der Waals surface area contributed by atoms with Crippen molar-refractivity contribution < 1.29 is 13.2 Å².